The van der Waals surface area contributed by atoms with E-state index in [0.29, 0.717) is 11.6 Å². The molecule has 0 aliphatic carbocycles. The number of hydrogen-bond donors (Lipinski definition) is 2. The van der Waals surface area contributed by atoms with Gasteiger partial charge >= 0.3 is 0 Å². The molecule has 0 saturated carbocycles. The maximum Gasteiger partial charge on any atom is 0.245 e. The summed E-state index contributed by atoms with van der Waals surface area (Å²) in [6, 6.07) is 3.12. The third kappa shape index (κ3) is 2.95. The van der Waals surface area contributed by atoms with Gasteiger partial charge in [0.25, 0.3) is 0 Å². The van der Waals surface area contributed by atoms with Crippen LogP contribution in [0.4, 0.5) is 0 Å². The number of pyridine rings is 1. The highest BCUT2D eigenvalue weighted by molar-refractivity contribution is 5.79. The number of rotatable bonds is 5. The fraction of sp³-hybridized carbons (Fsp3) is 0.250. The van der Waals surface area contributed by atoms with Crippen LogP contribution in [0.15, 0.2) is 30.9 Å². The summed E-state index contributed by atoms with van der Waals surface area (Å²) in [6.07, 6.45) is 4.72. The van der Waals surface area contributed by atoms with Gasteiger partial charge in [-0.3, -0.25) is 14.9 Å². The molecular weight excluding hydrogens is 286 g/mol. The van der Waals surface area contributed by atoms with Gasteiger partial charge in [-0.25, -0.2) is 9.67 Å². The quantitative estimate of drug-likeness (QED) is 0.663. The summed E-state index contributed by atoms with van der Waals surface area (Å²) >= 11 is 0. The molecule has 1 amide bonds. The normalized spacial score (nSPS) is 12.0. The minimum Gasteiger partial charge on any atom is -0.347 e. The molecule has 0 saturated heterocycles. The van der Waals surface area contributed by atoms with Crippen LogP contribution in [0.1, 0.15) is 18.8 Å². The van der Waals surface area contributed by atoms with Crippen LogP contribution in [0.2, 0.25) is 0 Å². The molecule has 0 bridgehead atoms. The van der Waals surface area contributed by atoms with Gasteiger partial charge in [0.15, 0.2) is 5.82 Å². The van der Waals surface area contributed by atoms with Gasteiger partial charge in [-0.2, -0.15) is 5.10 Å². The van der Waals surface area contributed by atoms with Crippen LogP contribution in [0.3, 0.4) is 0 Å². The summed E-state index contributed by atoms with van der Waals surface area (Å²) in [5.74, 6) is 0.901. The van der Waals surface area contributed by atoms with Gasteiger partial charge in [-0.15, -0.1) is 5.10 Å². The molecule has 0 aliphatic rings. The lowest BCUT2D eigenvalue weighted by Crippen LogP contribution is -2.31. The summed E-state index contributed by atoms with van der Waals surface area (Å²) in [5, 5.41) is 20.3. The first kappa shape index (κ1) is 13.8. The molecule has 3 heterocycles. The van der Waals surface area contributed by atoms with Crippen molar-refractivity contribution in [1.29, 1.82) is 0 Å². The highest BCUT2D eigenvalue weighted by Crippen LogP contribution is 2.12. The number of tetrazole rings is 1. The molecular formula is C12H13N9O. The lowest BCUT2D eigenvalue weighted by atomic mass is 10.2. The van der Waals surface area contributed by atoms with E-state index < -0.39 is 6.04 Å². The molecule has 1 atom stereocenters. The second-order valence-corrected chi connectivity index (χ2v) is 4.53. The van der Waals surface area contributed by atoms with E-state index in [1.807, 2.05) is 12.1 Å². The Balaban J connectivity index is 1.60. The van der Waals surface area contributed by atoms with Gasteiger partial charge in [0.05, 0.1) is 6.54 Å². The molecule has 0 radical (unpaired) electrons. The zero-order valence-corrected chi connectivity index (χ0v) is 11.7. The molecule has 10 heteroatoms. The van der Waals surface area contributed by atoms with Crippen molar-refractivity contribution >= 4 is 5.91 Å². The van der Waals surface area contributed by atoms with Gasteiger partial charge in [-0.1, -0.05) is 0 Å². The average molecular weight is 299 g/mol. The number of amides is 1. The average Bonchev–Trinajstić information content (AvgIpc) is 3.24. The third-order valence-corrected chi connectivity index (χ3v) is 3.04. The Morgan fingerprint density at radius 1 is 1.41 bits per heavy atom. The highest BCUT2D eigenvalue weighted by Gasteiger charge is 2.16. The van der Waals surface area contributed by atoms with Crippen molar-refractivity contribution in [2.24, 2.45) is 0 Å². The molecule has 0 unspecified atom stereocenters. The largest absolute Gasteiger partial charge is 0.347 e. The van der Waals surface area contributed by atoms with E-state index >= 15 is 0 Å². The van der Waals surface area contributed by atoms with Gasteiger partial charge in [-0.05, 0) is 29.5 Å². The first-order valence-corrected chi connectivity index (χ1v) is 6.56. The van der Waals surface area contributed by atoms with Crippen molar-refractivity contribution in [3.05, 3.63) is 36.7 Å². The van der Waals surface area contributed by atoms with Crippen LogP contribution in [0.25, 0.3) is 11.4 Å². The van der Waals surface area contributed by atoms with E-state index in [2.05, 4.69) is 41.0 Å². The lowest BCUT2D eigenvalue weighted by molar-refractivity contribution is -0.124. The van der Waals surface area contributed by atoms with Crippen LogP contribution in [0.5, 0.6) is 0 Å². The van der Waals surface area contributed by atoms with Crippen LogP contribution >= 0.6 is 0 Å². The van der Waals surface area contributed by atoms with Crippen LogP contribution in [-0.2, 0) is 11.3 Å². The predicted octanol–water partition coefficient (Wildman–Crippen LogP) is -0.269. The molecule has 3 aromatic rings. The number of nitrogens with one attached hydrogen (secondary N) is 2. The van der Waals surface area contributed by atoms with Gasteiger partial charge in [0.2, 0.25) is 5.91 Å². The van der Waals surface area contributed by atoms with Crippen LogP contribution < -0.4 is 5.32 Å². The Kier molecular flexibility index (Phi) is 3.81. The van der Waals surface area contributed by atoms with Gasteiger partial charge < -0.3 is 5.32 Å². The Morgan fingerprint density at radius 2 is 2.23 bits per heavy atom. The van der Waals surface area contributed by atoms with E-state index in [4.69, 9.17) is 0 Å². The lowest BCUT2D eigenvalue weighted by Gasteiger charge is -2.09. The molecule has 22 heavy (non-hydrogen) atoms. The van der Waals surface area contributed by atoms with Crippen molar-refractivity contribution in [3.63, 3.8) is 0 Å². The summed E-state index contributed by atoms with van der Waals surface area (Å²) in [7, 11) is 0. The van der Waals surface area contributed by atoms with E-state index in [1.54, 1.807) is 19.3 Å². The van der Waals surface area contributed by atoms with E-state index in [1.165, 1.54) is 11.0 Å². The van der Waals surface area contributed by atoms with Crippen molar-refractivity contribution in [1.82, 2.24) is 45.7 Å². The maximum atomic E-state index is 12.0. The number of carbonyl (C=O) groups is 1. The summed E-state index contributed by atoms with van der Waals surface area (Å²) in [5.41, 5.74) is 0.853. The molecule has 0 spiro atoms. The summed E-state index contributed by atoms with van der Waals surface area (Å²) in [6.45, 7) is 1.94. The van der Waals surface area contributed by atoms with E-state index in [9.17, 15) is 4.79 Å². The molecule has 0 aromatic carbocycles. The Morgan fingerprint density at radius 3 is 2.95 bits per heavy atom. The first-order chi connectivity index (χ1) is 10.7. The number of aromatic nitrogens is 8. The summed E-state index contributed by atoms with van der Waals surface area (Å²) < 4.78 is 1.37. The highest BCUT2D eigenvalue weighted by atomic mass is 16.2. The zero-order valence-electron chi connectivity index (χ0n) is 11.7. The summed E-state index contributed by atoms with van der Waals surface area (Å²) in [4.78, 5) is 20.3. The first-order valence-electron chi connectivity index (χ1n) is 6.56. The molecule has 112 valence electrons. The molecule has 2 N–H and O–H groups in total. The van der Waals surface area contributed by atoms with Crippen molar-refractivity contribution in [3.8, 4) is 11.4 Å². The number of H-pyrrole nitrogens is 1. The molecule has 10 nitrogen and oxygen atoms in total. The smallest absolute Gasteiger partial charge is 0.245 e. The topological polar surface area (TPSA) is 127 Å². The Hall–Kier alpha value is -3.17. The Labute approximate surface area is 125 Å². The standard InChI is InChI=1S/C12H13N9O/c1-8(21-7-15-19-20-21)12(22)14-6-10-16-11(18-17-10)9-2-4-13-5-3-9/h2-5,7-8H,6H2,1H3,(H,14,22)(H,16,17,18)/t8-/m0/s1. The second kappa shape index (κ2) is 6.08. The maximum absolute atomic E-state index is 12.0. The fourth-order valence-electron chi connectivity index (χ4n) is 1.79. The molecule has 3 rings (SSSR count). The number of aromatic amines is 1. The molecule has 0 fully saturated rings. The molecule has 0 aliphatic heterocycles. The third-order valence-electron chi connectivity index (χ3n) is 3.04. The van der Waals surface area contributed by atoms with Crippen molar-refractivity contribution < 1.29 is 4.79 Å². The van der Waals surface area contributed by atoms with Crippen molar-refractivity contribution in [2.45, 2.75) is 19.5 Å². The SMILES string of the molecule is C[C@@H](C(=O)NCc1nc(-c2ccncc2)n[nH]1)n1cnnn1. The zero-order chi connectivity index (χ0) is 15.4. The minimum atomic E-state index is -0.502. The number of carbonyl (C=O) groups excluding carboxylic acids is 1. The van der Waals surface area contributed by atoms with Gasteiger partial charge in [0, 0.05) is 18.0 Å². The molecule has 3 aromatic heterocycles. The number of hydrogen-bond acceptors (Lipinski definition) is 7. The monoisotopic (exact) mass is 299 g/mol. The van der Waals surface area contributed by atoms with Crippen LogP contribution in [0, 0.1) is 0 Å². The minimum absolute atomic E-state index is 0.214. The number of nitrogens with zero attached hydrogens (tertiary/aromatic N) is 7. The Bertz CT molecular complexity index is 737. The van der Waals surface area contributed by atoms with Gasteiger partial charge in [0.1, 0.15) is 18.2 Å². The fourth-order valence-corrected chi connectivity index (χ4v) is 1.79. The second-order valence-electron chi connectivity index (χ2n) is 4.53. The predicted molar refractivity (Wildman–Crippen MR) is 74.0 cm³/mol. The van der Waals surface area contributed by atoms with E-state index in [0.717, 1.165) is 5.56 Å². The van der Waals surface area contributed by atoms with Crippen molar-refractivity contribution in [2.75, 3.05) is 0 Å². The van der Waals surface area contributed by atoms with E-state index in [-0.39, 0.29) is 12.5 Å². The van der Waals surface area contributed by atoms with Crippen LogP contribution in [-0.4, -0.2) is 46.3 Å².